The van der Waals surface area contributed by atoms with Gasteiger partial charge < -0.3 is 9.52 Å². The fraction of sp³-hybridized carbons (Fsp3) is 0.400. The SMILES string of the molecule is N#CCCN(Cc1ccco1)S(=O)(=O)CC(=O)O. The lowest BCUT2D eigenvalue weighted by atomic mass is 10.4. The number of rotatable bonds is 7. The van der Waals surface area contributed by atoms with Crippen LogP contribution >= 0.6 is 0 Å². The van der Waals surface area contributed by atoms with E-state index in [-0.39, 0.29) is 19.5 Å². The van der Waals surface area contributed by atoms with Gasteiger partial charge >= 0.3 is 5.97 Å². The van der Waals surface area contributed by atoms with E-state index in [0.717, 1.165) is 4.31 Å². The zero-order valence-corrected chi connectivity index (χ0v) is 10.3. The maximum absolute atomic E-state index is 11.8. The Kier molecular flexibility index (Phi) is 4.88. The first kappa shape index (κ1) is 14.2. The minimum absolute atomic E-state index is 0.0143. The average molecular weight is 272 g/mol. The standard InChI is InChI=1S/C10H12N2O5S/c11-4-2-5-12(7-9-3-1-6-17-9)18(15,16)8-10(13)14/h1,3,6H,2,5,7-8H2,(H,13,14). The van der Waals surface area contributed by atoms with Crippen molar-refractivity contribution in [1.82, 2.24) is 4.31 Å². The molecule has 8 heteroatoms. The van der Waals surface area contributed by atoms with Crippen molar-refractivity contribution in [3.8, 4) is 6.07 Å². The third-order valence-corrected chi connectivity index (χ3v) is 3.79. The summed E-state index contributed by atoms with van der Waals surface area (Å²) in [5.41, 5.74) is 0. The van der Waals surface area contributed by atoms with Crippen LogP contribution in [0.15, 0.2) is 22.8 Å². The highest BCUT2D eigenvalue weighted by atomic mass is 32.2. The van der Waals surface area contributed by atoms with Gasteiger partial charge in [-0.2, -0.15) is 9.57 Å². The summed E-state index contributed by atoms with van der Waals surface area (Å²) in [6.45, 7) is -0.142. The molecule has 0 saturated carbocycles. The van der Waals surface area contributed by atoms with Crippen molar-refractivity contribution in [3.05, 3.63) is 24.2 Å². The molecule has 0 aliphatic carbocycles. The fourth-order valence-electron chi connectivity index (χ4n) is 1.31. The zero-order valence-electron chi connectivity index (χ0n) is 9.44. The Morgan fingerprint density at radius 3 is 2.78 bits per heavy atom. The predicted octanol–water partition coefficient (Wildman–Crippen LogP) is 0.410. The summed E-state index contributed by atoms with van der Waals surface area (Å²) in [6, 6.07) is 5.00. The molecule has 0 radical (unpaired) electrons. The lowest BCUT2D eigenvalue weighted by Crippen LogP contribution is -2.35. The first-order valence-corrected chi connectivity index (χ1v) is 6.65. The van der Waals surface area contributed by atoms with Crippen LogP contribution < -0.4 is 0 Å². The molecule has 0 bridgehead atoms. The van der Waals surface area contributed by atoms with Gasteiger partial charge in [0.1, 0.15) is 5.76 Å². The molecule has 98 valence electrons. The van der Waals surface area contributed by atoms with Crippen LogP contribution in [0.2, 0.25) is 0 Å². The lowest BCUT2D eigenvalue weighted by molar-refractivity contribution is -0.134. The third kappa shape index (κ3) is 4.20. The van der Waals surface area contributed by atoms with E-state index in [9.17, 15) is 13.2 Å². The van der Waals surface area contributed by atoms with Crippen LogP contribution in [0.1, 0.15) is 12.2 Å². The second kappa shape index (κ2) is 6.18. The van der Waals surface area contributed by atoms with Gasteiger partial charge in [-0.15, -0.1) is 0 Å². The molecule has 0 aliphatic heterocycles. The van der Waals surface area contributed by atoms with E-state index >= 15 is 0 Å². The Morgan fingerprint density at radius 2 is 2.28 bits per heavy atom. The van der Waals surface area contributed by atoms with Gasteiger partial charge in [0.25, 0.3) is 0 Å². The van der Waals surface area contributed by atoms with Gasteiger partial charge in [0.2, 0.25) is 10.0 Å². The zero-order chi connectivity index (χ0) is 13.6. The lowest BCUT2D eigenvalue weighted by Gasteiger charge is -2.18. The van der Waals surface area contributed by atoms with Crippen LogP contribution in [-0.4, -0.2) is 36.1 Å². The topological polar surface area (TPSA) is 112 Å². The Bertz CT molecular complexity index is 529. The number of carboxylic acid groups (broad SMARTS) is 1. The van der Waals surface area contributed by atoms with Crippen LogP contribution in [0.5, 0.6) is 0 Å². The second-order valence-corrected chi connectivity index (χ2v) is 5.44. The van der Waals surface area contributed by atoms with Crippen molar-refractivity contribution in [3.63, 3.8) is 0 Å². The van der Waals surface area contributed by atoms with Crippen molar-refractivity contribution in [2.45, 2.75) is 13.0 Å². The molecule has 0 atom stereocenters. The number of nitriles is 1. The van der Waals surface area contributed by atoms with Gasteiger partial charge in [0.15, 0.2) is 5.75 Å². The maximum Gasteiger partial charge on any atom is 0.320 e. The van der Waals surface area contributed by atoms with Crippen LogP contribution in [0.3, 0.4) is 0 Å². The minimum atomic E-state index is -3.95. The van der Waals surface area contributed by atoms with Crippen LogP contribution in [-0.2, 0) is 21.4 Å². The number of nitrogens with zero attached hydrogens (tertiary/aromatic N) is 2. The molecular weight excluding hydrogens is 260 g/mol. The van der Waals surface area contributed by atoms with Gasteiger partial charge in [-0.1, -0.05) is 0 Å². The van der Waals surface area contributed by atoms with Crippen molar-refractivity contribution >= 4 is 16.0 Å². The molecule has 0 unspecified atom stereocenters. The Labute approximate surface area is 104 Å². The molecule has 1 aromatic rings. The number of sulfonamides is 1. The summed E-state index contributed by atoms with van der Waals surface area (Å²) in [7, 11) is -3.95. The van der Waals surface area contributed by atoms with E-state index < -0.39 is 21.7 Å². The fourth-order valence-corrected chi connectivity index (χ4v) is 2.50. The third-order valence-electron chi connectivity index (χ3n) is 2.08. The monoisotopic (exact) mass is 272 g/mol. The molecule has 1 heterocycles. The van der Waals surface area contributed by atoms with E-state index in [4.69, 9.17) is 14.8 Å². The van der Waals surface area contributed by atoms with Gasteiger partial charge in [-0.25, -0.2) is 8.42 Å². The number of carboxylic acids is 1. The normalized spacial score (nSPS) is 11.3. The van der Waals surface area contributed by atoms with Crippen LogP contribution in [0.4, 0.5) is 0 Å². The van der Waals surface area contributed by atoms with Gasteiger partial charge in [0.05, 0.1) is 18.9 Å². The predicted molar refractivity (Wildman–Crippen MR) is 60.8 cm³/mol. The molecule has 1 rings (SSSR count). The summed E-state index contributed by atoms with van der Waals surface area (Å²) in [4.78, 5) is 10.5. The highest BCUT2D eigenvalue weighted by Gasteiger charge is 2.25. The molecule has 18 heavy (non-hydrogen) atoms. The van der Waals surface area contributed by atoms with Crippen molar-refractivity contribution in [2.75, 3.05) is 12.3 Å². The number of hydrogen-bond donors (Lipinski definition) is 1. The van der Waals surface area contributed by atoms with Gasteiger partial charge in [-0.05, 0) is 12.1 Å². The molecule has 0 saturated heterocycles. The number of hydrogen-bond acceptors (Lipinski definition) is 5. The van der Waals surface area contributed by atoms with E-state index in [2.05, 4.69) is 0 Å². The Hall–Kier alpha value is -1.85. The van der Waals surface area contributed by atoms with Crippen molar-refractivity contribution in [2.24, 2.45) is 0 Å². The molecule has 0 aliphatic rings. The summed E-state index contributed by atoms with van der Waals surface area (Å²) in [5.74, 6) is -2.04. The molecule has 0 fully saturated rings. The van der Waals surface area contributed by atoms with E-state index in [1.165, 1.54) is 6.26 Å². The number of aliphatic carboxylic acids is 1. The number of furan rings is 1. The average Bonchev–Trinajstić information content (AvgIpc) is 2.74. The maximum atomic E-state index is 11.8. The van der Waals surface area contributed by atoms with Crippen molar-refractivity contribution < 1.29 is 22.7 Å². The largest absolute Gasteiger partial charge is 0.480 e. The number of carbonyl (C=O) groups is 1. The quantitative estimate of drug-likeness (QED) is 0.769. The summed E-state index contributed by atoms with van der Waals surface area (Å²) >= 11 is 0. The first-order chi connectivity index (χ1) is 8.45. The van der Waals surface area contributed by atoms with E-state index in [1.807, 2.05) is 6.07 Å². The van der Waals surface area contributed by atoms with Crippen molar-refractivity contribution in [1.29, 1.82) is 5.26 Å². The minimum Gasteiger partial charge on any atom is -0.480 e. The molecule has 1 aromatic heterocycles. The second-order valence-electron chi connectivity index (χ2n) is 3.47. The van der Waals surface area contributed by atoms with Gasteiger partial charge in [0, 0.05) is 13.0 Å². The molecule has 7 nitrogen and oxygen atoms in total. The highest BCUT2D eigenvalue weighted by Crippen LogP contribution is 2.11. The first-order valence-electron chi connectivity index (χ1n) is 5.04. The summed E-state index contributed by atoms with van der Waals surface area (Å²) < 4.78 is 29.5. The van der Waals surface area contributed by atoms with Crippen LogP contribution in [0, 0.1) is 11.3 Å². The van der Waals surface area contributed by atoms with Crippen LogP contribution in [0.25, 0.3) is 0 Å². The Morgan fingerprint density at radius 1 is 1.56 bits per heavy atom. The molecule has 1 N–H and O–H groups in total. The smallest absolute Gasteiger partial charge is 0.320 e. The molecule has 0 spiro atoms. The summed E-state index contributed by atoms with van der Waals surface area (Å²) in [5, 5.41) is 17.0. The highest BCUT2D eigenvalue weighted by molar-refractivity contribution is 7.89. The van der Waals surface area contributed by atoms with Gasteiger partial charge in [-0.3, -0.25) is 4.79 Å². The van der Waals surface area contributed by atoms with E-state index in [1.54, 1.807) is 12.1 Å². The summed E-state index contributed by atoms with van der Waals surface area (Å²) in [6.07, 6.45) is 1.38. The molecule has 0 amide bonds. The van der Waals surface area contributed by atoms with E-state index in [0.29, 0.717) is 5.76 Å². The Balaban J connectivity index is 2.84. The molecular formula is C10H12N2O5S. The molecule has 0 aromatic carbocycles.